The summed E-state index contributed by atoms with van der Waals surface area (Å²) in [5.41, 5.74) is 3.90. The summed E-state index contributed by atoms with van der Waals surface area (Å²) in [4.78, 5) is 48.2. The SMILES string of the molecule is CC1(C)Cc2cc(NC(=O)c3cnn4cccnc34)c(N3CCOC[C@@H]3CO)nc2O1.CC1(C)Cc2cc(NC(=O)c3cnn4cccnc34)c(N3CCOC[C@H]3CO)nc2O1. The van der Waals surface area contributed by atoms with Gasteiger partial charge in [0.1, 0.15) is 22.3 Å². The van der Waals surface area contributed by atoms with E-state index in [0.717, 1.165) is 11.1 Å². The van der Waals surface area contributed by atoms with E-state index in [1.807, 2.05) is 49.6 Å². The summed E-state index contributed by atoms with van der Waals surface area (Å²) in [6.45, 7) is 10.7. The number of rotatable bonds is 8. The van der Waals surface area contributed by atoms with Gasteiger partial charge in [0.05, 0.1) is 75.5 Å². The van der Waals surface area contributed by atoms with Gasteiger partial charge in [0.25, 0.3) is 11.8 Å². The minimum Gasteiger partial charge on any atom is -0.471 e. The molecule has 20 nitrogen and oxygen atoms in total. The minimum absolute atomic E-state index is 0.0868. The first-order valence-corrected chi connectivity index (χ1v) is 20.5. The lowest BCUT2D eigenvalue weighted by Gasteiger charge is -2.36. The number of aliphatic hydroxyl groups is 2. The van der Waals surface area contributed by atoms with Gasteiger partial charge in [-0.1, -0.05) is 0 Å². The maximum absolute atomic E-state index is 13.1. The van der Waals surface area contributed by atoms with Gasteiger partial charge in [0.15, 0.2) is 22.9 Å². The number of pyridine rings is 2. The van der Waals surface area contributed by atoms with Gasteiger partial charge >= 0.3 is 0 Å². The van der Waals surface area contributed by atoms with Gasteiger partial charge in [-0.05, 0) is 52.0 Å². The Balaban J connectivity index is 0.000000158. The summed E-state index contributed by atoms with van der Waals surface area (Å²) < 4.78 is 26.2. The smallest absolute Gasteiger partial charge is 0.261 e. The zero-order valence-corrected chi connectivity index (χ0v) is 34.8. The number of morpholine rings is 2. The van der Waals surface area contributed by atoms with Crippen molar-refractivity contribution in [3.8, 4) is 11.8 Å². The van der Waals surface area contributed by atoms with Gasteiger partial charge in [0.2, 0.25) is 11.8 Å². The monoisotopic (exact) mass is 848 g/mol. The number of nitrogens with zero attached hydrogens (tertiary/aromatic N) is 10. The Kier molecular flexibility index (Phi) is 10.8. The third-order valence-electron chi connectivity index (χ3n) is 11.0. The van der Waals surface area contributed by atoms with E-state index in [1.54, 1.807) is 46.0 Å². The van der Waals surface area contributed by atoms with Crippen molar-refractivity contribution < 1.29 is 38.7 Å². The van der Waals surface area contributed by atoms with Crippen LogP contribution < -0.4 is 29.9 Å². The summed E-state index contributed by atoms with van der Waals surface area (Å²) >= 11 is 0. The Hall–Kier alpha value is -6.48. The summed E-state index contributed by atoms with van der Waals surface area (Å²) in [5.74, 6) is 1.55. The summed E-state index contributed by atoms with van der Waals surface area (Å²) in [6, 6.07) is 6.80. The number of hydrogen-bond acceptors (Lipinski definition) is 16. The Morgan fingerprint density at radius 3 is 1.56 bits per heavy atom. The second-order valence-corrected chi connectivity index (χ2v) is 16.7. The number of aromatic nitrogens is 8. The van der Waals surface area contributed by atoms with E-state index in [1.165, 1.54) is 12.4 Å². The third kappa shape index (κ3) is 8.04. The molecule has 0 aromatic carbocycles. The first kappa shape index (κ1) is 40.9. The average molecular weight is 849 g/mol. The highest BCUT2D eigenvalue weighted by Gasteiger charge is 2.37. The molecule has 62 heavy (non-hydrogen) atoms. The van der Waals surface area contributed by atoms with Crippen molar-refractivity contribution >= 4 is 46.1 Å². The van der Waals surface area contributed by atoms with Crippen molar-refractivity contribution in [1.82, 2.24) is 39.2 Å². The molecule has 10 rings (SSSR count). The van der Waals surface area contributed by atoms with Gasteiger partial charge in [-0.3, -0.25) is 9.59 Å². The maximum atomic E-state index is 13.1. The van der Waals surface area contributed by atoms with E-state index in [9.17, 15) is 19.8 Å². The molecule has 10 heterocycles. The number of amides is 2. The van der Waals surface area contributed by atoms with Crippen molar-refractivity contribution in [2.75, 3.05) is 73.2 Å². The van der Waals surface area contributed by atoms with Crippen LogP contribution in [-0.2, 0) is 22.3 Å². The fourth-order valence-corrected chi connectivity index (χ4v) is 8.15. The predicted octanol–water partition coefficient (Wildman–Crippen LogP) is 2.58. The molecule has 6 aromatic rings. The second-order valence-electron chi connectivity index (χ2n) is 16.7. The zero-order valence-electron chi connectivity index (χ0n) is 34.8. The minimum atomic E-state index is -0.372. The molecule has 0 aliphatic carbocycles. The fourth-order valence-electron chi connectivity index (χ4n) is 8.15. The van der Waals surface area contributed by atoms with Crippen LogP contribution >= 0.6 is 0 Å². The molecule has 6 aromatic heterocycles. The van der Waals surface area contributed by atoms with Crippen LogP contribution in [0.5, 0.6) is 11.8 Å². The van der Waals surface area contributed by atoms with E-state index in [-0.39, 0.29) is 48.3 Å². The van der Waals surface area contributed by atoms with Gasteiger partial charge in [0, 0.05) is 61.8 Å². The lowest BCUT2D eigenvalue weighted by Crippen LogP contribution is -2.48. The average Bonchev–Trinajstić information content (AvgIpc) is 4.04. The molecule has 0 saturated carbocycles. The molecular weight excluding hydrogens is 801 g/mol. The number of carbonyl (C=O) groups is 2. The number of anilines is 4. The molecule has 2 amide bonds. The molecule has 20 heteroatoms. The molecule has 4 aliphatic rings. The van der Waals surface area contributed by atoms with Crippen LogP contribution in [0.1, 0.15) is 59.5 Å². The third-order valence-corrected chi connectivity index (χ3v) is 11.0. The molecule has 0 unspecified atom stereocenters. The molecule has 4 aliphatic heterocycles. The van der Waals surface area contributed by atoms with Crippen LogP contribution in [0.4, 0.5) is 23.0 Å². The van der Waals surface area contributed by atoms with E-state index in [0.29, 0.717) is 110 Å². The number of carbonyl (C=O) groups excluding carboxylic acids is 2. The molecule has 0 bridgehead atoms. The standard InChI is InChI=1S/2C21H24N6O4/c2*1-21(2)9-13-8-16(24-19(29)15-10-23-27-5-3-4-22-17(15)27)18(25-20(13)31-21)26-6-7-30-12-14(26)11-28/h2*3-5,8,10,14,28H,6-7,9,11-12H2,1-2H3,(H,24,29)/t2*14-/m10/s1. The van der Waals surface area contributed by atoms with Gasteiger partial charge in [-0.15, -0.1) is 0 Å². The van der Waals surface area contributed by atoms with Crippen molar-refractivity contribution in [3.63, 3.8) is 0 Å². The molecule has 2 fully saturated rings. The highest BCUT2D eigenvalue weighted by molar-refractivity contribution is 6.10. The molecule has 0 radical (unpaired) electrons. The second kappa shape index (κ2) is 16.4. The quantitative estimate of drug-likeness (QED) is 0.173. The number of ether oxygens (including phenoxy) is 4. The molecular formula is C42H48N12O8. The lowest BCUT2D eigenvalue weighted by atomic mass is 10.0. The van der Waals surface area contributed by atoms with E-state index in [2.05, 4.69) is 30.8 Å². The summed E-state index contributed by atoms with van der Waals surface area (Å²) in [6.07, 6.45) is 11.1. The number of fused-ring (bicyclic) bond motifs is 4. The normalized spacial score (nSPS) is 19.8. The van der Waals surface area contributed by atoms with E-state index >= 15 is 0 Å². The number of nitrogens with one attached hydrogen (secondary N) is 2. The molecule has 324 valence electrons. The largest absolute Gasteiger partial charge is 0.471 e. The van der Waals surface area contributed by atoms with Crippen LogP contribution in [0.25, 0.3) is 11.3 Å². The molecule has 2 atom stereocenters. The number of hydrogen-bond donors (Lipinski definition) is 4. The van der Waals surface area contributed by atoms with E-state index in [4.69, 9.17) is 28.9 Å². The predicted molar refractivity (Wildman–Crippen MR) is 225 cm³/mol. The lowest BCUT2D eigenvalue weighted by molar-refractivity contribution is 0.0720. The van der Waals surface area contributed by atoms with Crippen molar-refractivity contribution in [2.24, 2.45) is 0 Å². The van der Waals surface area contributed by atoms with Crippen LogP contribution in [0.15, 0.2) is 61.4 Å². The number of aliphatic hydroxyl groups excluding tert-OH is 2. The van der Waals surface area contributed by atoms with Crippen LogP contribution in [0, 0.1) is 0 Å². The topological polar surface area (TPSA) is 228 Å². The Morgan fingerprint density at radius 2 is 1.15 bits per heavy atom. The Bertz CT molecular complexity index is 2470. The van der Waals surface area contributed by atoms with Gasteiger partial charge < -0.3 is 49.6 Å². The summed E-state index contributed by atoms with van der Waals surface area (Å²) in [7, 11) is 0. The first-order chi connectivity index (χ1) is 29.9. The van der Waals surface area contributed by atoms with Gasteiger partial charge in [-0.25, -0.2) is 19.0 Å². The van der Waals surface area contributed by atoms with Crippen LogP contribution in [-0.4, -0.2) is 137 Å². The van der Waals surface area contributed by atoms with Crippen molar-refractivity contribution in [2.45, 2.75) is 63.8 Å². The molecule has 4 N–H and O–H groups in total. The first-order valence-electron chi connectivity index (χ1n) is 20.5. The van der Waals surface area contributed by atoms with Crippen molar-refractivity contribution in [1.29, 1.82) is 0 Å². The van der Waals surface area contributed by atoms with Gasteiger partial charge in [-0.2, -0.15) is 20.2 Å². The summed E-state index contributed by atoms with van der Waals surface area (Å²) in [5, 5.41) is 34.1. The van der Waals surface area contributed by atoms with E-state index < -0.39 is 0 Å². The fraction of sp³-hybridized carbons (Fsp3) is 0.429. The Labute approximate surface area is 355 Å². The zero-order chi connectivity index (χ0) is 43.2. The molecule has 2 saturated heterocycles. The highest BCUT2D eigenvalue weighted by Crippen LogP contribution is 2.41. The van der Waals surface area contributed by atoms with Crippen LogP contribution in [0.3, 0.4) is 0 Å². The Morgan fingerprint density at radius 1 is 0.710 bits per heavy atom. The van der Waals surface area contributed by atoms with Crippen LogP contribution in [0.2, 0.25) is 0 Å². The highest BCUT2D eigenvalue weighted by atomic mass is 16.5. The maximum Gasteiger partial charge on any atom is 0.261 e. The van der Waals surface area contributed by atoms with Crippen molar-refractivity contribution in [3.05, 3.63) is 83.7 Å². The molecule has 0 spiro atoms.